The van der Waals surface area contributed by atoms with Crippen molar-refractivity contribution in [3.8, 4) is 0 Å². The molecular formula is C10H8N4O4. The van der Waals surface area contributed by atoms with Crippen molar-refractivity contribution in [1.82, 2.24) is 9.97 Å². The van der Waals surface area contributed by atoms with Gasteiger partial charge in [0, 0.05) is 36.9 Å². The van der Waals surface area contributed by atoms with Crippen LogP contribution in [0, 0.1) is 20.2 Å². The number of non-ortho nitro benzene ring substituents is 2. The van der Waals surface area contributed by atoms with Crippen LogP contribution < -0.4 is 0 Å². The van der Waals surface area contributed by atoms with Gasteiger partial charge in [0.25, 0.3) is 11.4 Å². The molecule has 0 aliphatic carbocycles. The van der Waals surface area contributed by atoms with Crippen LogP contribution in [0.5, 0.6) is 0 Å². The number of nitrogens with zero attached hydrogens (tertiary/aromatic N) is 4. The van der Waals surface area contributed by atoms with Gasteiger partial charge in [-0.25, -0.2) is 0 Å². The summed E-state index contributed by atoms with van der Waals surface area (Å²) in [5.41, 5.74) is -0.548. The monoisotopic (exact) mass is 248 g/mol. The number of benzene rings is 1. The van der Waals surface area contributed by atoms with E-state index in [1.165, 1.54) is 18.2 Å². The molecule has 1 aromatic carbocycles. The summed E-state index contributed by atoms with van der Waals surface area (Å²) < 4.78 is 0. The Balaban J connectivity index is 0.000000225. The minimum atomic E-state index is -0.674. The van der Waals surface area contributed by atoms with E-state index in [1.54, 1.807) is 24.8 Å². The van der Waals surface area contributed by atoms with E-state index in [9.17, 15) is 20.2 Å². The van der Waals surface area contributed by atoms with E-state index in [4.69, 9.17) is 0 Å². The Bertz CT molecular complexity index is 476. The second-order valence-corrected chi connectivity index (χ2v) is 2.93. The summed E-state index contributed by atoms with van der Waals surface area (Å²) in [7, 11) is 0. The standard InChI is InChI=1S/C6H4N2O4.C4H4N2/c9-7(10)5-2-1-3-6(4-5)8(11)12;1-2-6-4-3-5-1/h1-4H;1-4H. The molecule has 0 aliphatic rings. The summed E-state index contributed by atoms with van der Waals surface area (Å²) in [5.74, 6) is 0. The van der Waals surface area contributed by atoms with Gasteiger partial charge in [-0.3, -0.25) is 30.2 Å². The number of aromatic nitrogens is 2. The first-order valence-electron chi connectivity index (χ1n) is 4.70. The van der Waals surface area contributed by atoms with Gasteiger partial charge in [0.1, 0.15) is 0 Å². The lowest BCUT2D eigenvalue weighted by molar-refractivity contribution is -0.394. The van der Waals surface area contributed by atoms with Gasteiger partial charge in [0.05, 0.1) is 15.9 Å². The predicted octanol–water partition coefficient (Wildman–Crippen LogP) is 1.98. The van der Waals surface area contributed by atoms with Gasteiger partial charge in [-0.05, 0) is 6.07 Å². The Morgan fingerprint density at radius 3 is 1.50 bits per heavy atom. The average molecular weight is 248 g/mol. The summed E-state index contributed by atoms with van der Waals surface area (Å²) in [5, 5.41) is 20.3. The van der Waals surface area contributed by atoms with Crippen LogP contribution in [0.15, 0.2) is 49.1 Å². The minimum Gasteiger partial charge on any atom is -0.262 e. The lowest BCUT2D eigenvalue weighted by Gasteiger charge is -1.90. The zero-order chi connectivity index (χ0) is 13.4. The fourth-order valence-corrected chi connectivity index (χ4v) is 0.973. The summed E-state index contributed by atoms with van der Waals surface area (Å²) in [4.78, 5) is 26.4. The van der Waals surface area contributed by atoms with Crippen LogP contribution in [0.3, 0.4) is 0 Å². The molecule has 18 heavy (non-hydrogen) atoms. The zero-order valence-electron chi connectivity index (χ0n) is 9.04. The van der Waals surface area contributed by atoms with Crippen LogP contribution >= 0.6 is 0 Å². The Hall–Kier alpha value is -2.90. The second kappa shape index (κ2) is 6.63. The van der Waals surface area contributed by atoms with Crippen LogP contribution in [-0.4, -0.2) is 19.8 Å². The van der Waals surface area contributed by atoms with Crippen molar-refractivity contribution in [3.05, 3.63) is 69.3 Å². The molecule has 8 heteroatoms. The maximum absolute atomic E-state index is 10.2. The molecule has 0 saturated heterocycles. The first-order chi connectivity index (χ1) is 8.61. The molecule has 0 unspecified atom stereocenters. The summed E-state index contributed by atoms with van der Waals surface area (Å²) >= 11 is 0. The molecule has 2 aromatic rings. The van der Waals surface area contributed by atoms with Crippen molar-refractivity contribution < 1.29 is 9.85 Å². The predicted molar refractivity (Wildman–Crippen MR) is 61.8 cm³/mol. The van der Waals surface area contributed by atoms with Crippen LogP contribution in [0.4, 0.5) is 11.4 Å². The molecule has 0 N–H and O–H groups in total. The van der Waals surface area contributed by atoms with E-state index in [-0.39, 0.29) is 11.4 Å². The van der Waals surface area contributed by atoms with Gasteiger partial charge >= 0.3 is 0 Å². The summed E-state index contributed by atoms with van der Waals surface area (Å²) in [6.07, 6.45) is 6.56. The van der Waals surface area contributed by atoms with Gasteiger partial charge < -0.3 is 0 Å². The number of rotatable bonds is 2. The third-order valence-electron chi connectivity index (χ3n) is 1.73. The van der Waals surface area contributed by atoms with Crippen molar-refractivity contribution in [1.29, 1.82) is 0 Å². The highest BCUT2D eigenvalue weighted by Gasteiger charge is 2.11. The number of nitro benzene ring substituents is 2. The van der Waals surface area contributed by atoms with Crippen molar-refractivity contribution in [2.45, 2.75) is 0 Å². The Morgan fingerprint density at radius 1 is 0.833 bits per heavy atom. The second-order valence-electron chi connectivity index (χ2n) is 2.93. The molecule has 1 aromatic heterocycles. The molecular weight excluding hydrogens is 240 g/mol. The molecule has 92 valence electrons. The van der Waals surface area contributed by atoms with E-state index in [1.807, 2.05) is 0 Å². The molecule has 0 saturated carbocycles. The topological polar surface area (TPSA) is 112 Å². The Labute approximate surface area is 101 Å². The molecule has 0 aliphatic heterocycles. The van der Waals surface area contributed by atoms with E-state index in [0.717, 1.165) is 6.07 Å². The van der Waals surface area contributed by atoms with Crippen molar-refractivity contribution in [2.75, 3.05) is 0 Å². The first kappa shape index (κ1) is 13.2. The highest BCUT2D eigenvalue weighted by molar-refractivity contribution is 5.42. The molecule has 2 rings (SSSR count). The number of nitro groups is 2. The molecule has 0 radical (unpaired) electrons. The lowest BCUT2D eigenvalue weighted by Crippen LogP contribution is -1.91. The maximum atomic E-state index is 10.2. The van der Waals surface area contributed by atoms with Gasteiger partial charge in [0.15, 0.2) is 0 Å². The van der Waals surface area contributed by atoms with Crippen LogP contribution in [-0.2, 0) is 0 Å². The van der Waals surface area contributed by atoms with Gasteiger partial charge in [-0.15, -0.1) is 0 Å². The van der Waals surface area contributed by atoms with Crippen molar-refractivity contribution in [2.24, 2.45) is 0 Å². The van der Waals surface area contributed by atoms with Crippen LogP contribution in [0.1, 0.15) is 0 Å². The third-order valence-corrected chi connectivity index (χ3v) is 1.73. The number of hydrogen-bond acceptors (Lipinski definition) is 6. The van der Waals surface area contributed by atoms with E-state index in [0.29, 0.717) is 0 Å². The molecule has 0 fully saturated rings. The van der Waals surface area contributed by atoms with Crippen LogP contribution in [0.25, 0.3) is 0 Å². The SMILES string of the molecule is O=[N+]([O-])c1cccc([N+](=O)[O-])c1.c1cnccn1. The fraction of sp³-hybridized carbons (Fsp3) is 0. The number of hydrogen-bond donors (Lipinski definition) is 0. The zero-order valence-corrected chi connectivity index (χ0v) is 9.04. The quantitative estimate of drug-likeness (QED) is 0.593. The lowest BCUT2D eigenvalue weighted by atomic mass is 10.3. The van der Waals surface area contributed by atoms with Gasteiger partial charge in [-0.2, -0.15) is 0 Å². The van der Waals surface area contributed by atoms with Crippen molar-refractivity contribution >= 4 is 11.4 Å². The van der Waals surface area contributed by atoms with E-state index in [2.05, 4.69) is 9.97 Å². The molecule has 0 bridgehead atoms. The van der Waals surface area contributed by atoms with Crippen LogP contribution in [0.2, 0.25) is 0 Å². The summed E-state index contributed by atoms with van der Waals surface area (Å²) in [6.45, 7) is 0. The molecule has 0 amide bonds. The maximum Gasteiger partial charge on any atom is 0.276 e. The van der Waals surface area contributed by atoms with Crippen molar-refractivity contribution in [3.63, 3.8) is 0 Å². The Morgan fingerprint density at radius 2 is 1.22 bits per heavy atom. The van der Waals surface area contributed by atoms with Gasteiger partial charge in [0.2, 0.25) is 0 Å². The Kier molecular flexibility index (Phi) is 4.85. The van der Waals surface area contributed by atoms with E-state index < -0.39 is 9.85 Å². The highest BCUT2D eigenvalue weighted by atomic mass is 16.6. The third kappa shape index (κ3) is 4.31. The smallest absolute Gasteiger partial charge is 0.262 e. The van der Waals surface area contributed by atoms with Gasteiger partial charge in [-0.1, -0.05) is 0 Å². The first-order valence-corrected chi connectivity index (χ1v) is 4.70. The molecule has 8 nitrogen and oxygen atoms in total. The largest absolute Gasteiger partial charge is 0.276 e. The van der Waals surface area contributed by atoms with E-state index >= 15 is 0 Å². The minimum absolute atomic E-state index is 0.274. The molecule has 0 spiro atoms. The highest BCUT2D eigenvalue weighted by Crippen LogP contribution is 2.18. The normalized spacial score (nSPS) is 8.89. The summed E-state index contributed by atoms with van der Waals surface area (Å²) in [6, 6.07) is 4.59. The molecule has 0 atom stereocenters. The fourth-order valence-electron chi connectivity index (χ4n) is 0.973. The average Bonchev–Trinajstić information content (AvgIpc) is 2.41. The molecule has 1 heterocycles.